The molecule has 0 radical (unpaired) electrons. The van der Waals surface area contributed by atoms with Crippen molar-refractivity contribution >= 4 is 23.3 Å². The van der Waals surface area contributed by atoms with E-state index in [2.05, 4.69) is 33.8 Å². The molecule has 27 heavy (non-hydrogen) atoms. The molecule has 2 N–H and O–H groups in total. The van der Waals surface area contributed by atoms with E-state index >= 15 is 0 Å². The summed E-state index contributed by atoms with van der Waals surface area (Å²) in [4.78, 5) is 30.5. The molecule has 2 heterocycles. The van der Waals surface area contributed by atoms with E-state index in [4.69, 9.17) is 0 Å². The molecule has 2 amide bonds. The molecule has 2 aliphatic rings. The molecule has 2 aromatic rings. The lowest BCUT2D eigenvalue weighted by Crippen LogP contribution is -2.48. The van der Waals surface area contributed by atoms with E-state index in [0.29, 0.717) is 25.3 Å². The number of aryl methyl sites for hydroxylation is 1. The number of nitrogens with zero attached hydrogens (tertiary/aromatic N) is 2. The molecule has 0 bridgehead atoms. The van der Waals surface area contributed by atoms with Crippen molar-refractivity contribution in [2.45, 2.75) is 31.6 Å². The Morgan fingerprint density at radius 1 is 1.26 bits per heavy atom. The molecule has 1 saturated heterocycles. The molecule has 6 heteroatoms. The number of anilines is 2. The van der Waals surface area contributed by atoms with E-state index < -0.39 is 0 Å². The van der Waals surface area contributed by atoms with Crippen molar-refractivity contribution in [1.29, 1.82) is 0 Å². The van der Waals surface area contributed by atoms with Gasteiger partial charge in [0.1, 0.15) is 5.82 Å². The summed E-state index contributed by atoms with van der Waals surface area (Å²) in [6.45, 7) is 1.75. The van der Waals surface area contributed by atoms with Gasteiger partial charge in [0, 0.05) is 19.5 Å². The van der Waals surface area contributed by atoms with Crippen LogP contribution in [-0.2, 0) is 16.0 Å². The van der Waals surface area contributed by atoms with Gasteiger partial charge >= 0.3 is 0 Å². The van der Waals surface area contributed by atoms with Crippen molar-refractivity contribution < 1.29 is 9.59 Å². The van der Waals surface area contributed by atoms with Crippen LogP contribution in [0.1, 0.15) is 36.3 Å². The Bertz CT molecular complexity index is 834. The Morgan fingerprint density at radius 2 is 2.15 bits per heavy atom. The van der Waals surface area contributed by atoms with E-state index in [0.717, 1.165) is 31.5 Å². The highest BCUT2D eigenvalue weighted by Gasteiger charge is 2.23. The van der Waals surface area contributed by atoms with Crippen molar-refractivity contribution in [3.05, 3.63) is 53.7 Å². The Hall–Kier alpha value is -2.73. The van der Waals surface area contributed by atoms with Crippen molar-refractivity contribution in [3.63, 3.8) is 0 Å². The first-order valence-electron chi connectivity index (χ1n) is 9.55. The largest absolute Gasteiger partial charge is 0.311 e. The summed E-state index contributed by atoms with van der Waals surface area (Å²) < 4.78 is 0. The van der Waals surface area contributed by atoms with Crippen LogP contribution in [0.25, 0.3) is 0 Å². The summed E-state index contributed by atoms with van der Waals surface area (Å²) in [6, 6.07) is 12.0. The number of pyridine rings is 1. The molecule has 1 aliphatic carbocycles. The second-order valence-corrected chi connectivity index (χ2v) is 7.16. The lowest BCUT2D eigenvalue weighted by molar-refractivity contribution is -0.118. The van der Waals surface area contributed by atoms with Crippen LogP contribution in [0.15, 0.2) is 42.6 Å². The van der Waals surface area contributed by atoms with Gasteiger partial charge in [-0.05, 0) is 48.4 Å². The first-order chi connectivity index (χ1) is 13.2. The number of nitrogens with one attached hydrogen (secondary N) is 2. The minimum Gasteiger partial charge on any atom is -0.311 e. The van der Waals surface area contributed by atoms with Crippen LogP contribution in [0, 0.1) is 0 Å². The van der Waals surface area contributed by atoms with Gasteiger partial charge in [0.15, 0.2) is 0 Å². The zero-order valence-corrected chi connectivity index (χ0v) is 15.3. The molecule has 1 aliphatic heterocycles. The number of amides is 2. The summed E-state index contributed by atoms with van der Waals surface area (Å²) >= 11 is 0. The lowest BCUT2D eigenvalue weighted by Gasteiger charge is -2.27. The van der Waals surface area contributed by atoms with Crippen LogP contribution in [0.4, 0.5) is 11.5 Å². The van der Waals surface area contributed by atoms with Crippen LogP contribution in [0.5, 0.6) is 0 Å². The maximum atomic E-state index is 12.5. The second kappa shape index (κ2) is 7.88. The fourth-order valence-electron chi connectivity index (χ4n) is 3.98. The number of aromatic nitrogens is 1. The van der Waals surface area contributed by atoms with Crippen molar-refractivity contribution in [2.75, 3.05) is 29.9 Å². The number of carbonyl (C=O) groups is 2. The number of hydrogen-bond acceptors (Lipinski definition) is 4. The second-order valence-electron chi connectivity index (χ2n) is 7.16. The van der Waals surface area contributed by atoms with E-state index in [1.807, 2.05) is 12.1 Å². The predicted molar refractivity (Wildman–Crippen MR) is 105 cm³/mol. The van der Waals surface area contributed by atoms with Crippen LogP contribution >= 0.6 is 0 Å². The van der Waals surface area contributed by atoms with Gasteiger partial charge in [0.25, 0.3) is 0 Å². The van der Waals surface area contributed by atoms with Crippen molar-refractivity contribution in [3.8, 4) is 0 Å². The van der Waals surface area contributed by atoms with Crippen LogP contribution in [0.2, 0.25) is 0 Å². The SMILES string of the molecule is O=C(CC1CCCc2ccccc21)Nc1ccc(N2CCNCC2=O)cn1. The molecule has 0 saturated carbocycles. The van der Waals surface area contributed by atoms with Crippen molar-refractivity contribution in [2.24, 2.45) is 0 Å². The highest BCUT2D eigenvalue weighted by atomic mass is 16.2. The first kappa shape index (κ1) is 17.7. The molecule has 1 unspecified atom stereocenters. The van der Waals surface area contributed by atoms with Crippen LogP contribution < -0.4 is 15.5 Å². The number of fused-ring (bicyclic) bond motifs is 1. The Kier molecular flexibility index (Phi) is 5.16. The third kappa shape index (κ3) is 4.01. The molecule has 1 aromatic heterocycles. The minimum atomic E-state index is -0.0183. The highest BCUT2D eigenvalue weighted by Crippen LogP contribution is 2.34. The normalized spacial score (nSPS) is 19.5. The molecule has 1 aromatic carbocycles. The highest BCUT2D eigenvalue weighted by molar-refractivity contribution is 5.95. The fraction of sp³-hybridized carbons (Fsp3) is 0.381. The smallest absolute Gasteiger partial charge is 0.241 e. The van der Waals surface area contributed by atoms with Crippen molar-refractivity contribution in [1.82, 2.24) is 10.3 Å². The maximum Gasteiger partial charge on any atom is 0.241 e. The molecule has 1 fully saturated rings. The number of carbonyl (C=O) groups excluding carboxylic acids is 2. The first-order valence-corrected chi connectivity index (χ1v) is 9.55. The number of piperazine rings is 1. The fourth-order valence-corrected chi connectivity index (χ4v) is 3.98. The molecular weight excluding hydrogens is 340 g/mol. The molecule has 140 valence electrons. The van der Waals surface area contributed by atoms with Gasteiger partial charge in [-0.3, -0.25) is 9.59 Å². The minimum absolute atomic E-state index is 0.0183. The zero-order valence-electron chi connectivity index (χ0n) is 15.3. The monoisotopic (exact) mass is 364 g/mol. The predicted octanol–water partition coefficient (Wildman–Crippen LogP) is 2.47. The van der Waals surface area contributed by atoms with Gasteiger partial charge in [-0.1, -0.05) is 24.3 Å². The quantitative estimate of drug-likeness (QED) is 0.874. The maximum absolute atomic E-state index is 12.5. The third-order valence-corrected chi connectivity index (χ3v) is 5.34. The molecular formula is C21H24N4O2. The Labute approximate surface area is 159 Å². The van der Waals surface area contributed by atoms with Gasteiger partial charge in [0.05, 0.1) is 18.4 Å². The average molecular weight is 364 g/mol. The zero-order chi connectivity index (χ0) is 18.6. The summed E-state index contributed by atoms with van der Waals surface area (Å²) in [5, 5.41) is 5.94. The average Bonchev–Trinajstić information content (AvgIpc) is 2.69. The summed E-state index contributed by atoms with van der Waals surface area (Å²) in [5.74, 6) is 0.814. The Balaban J connectivity index is 1.38. The van der Waals surface area contributed by atoms with Gasteiger partial charge in [-0.2, -0.15) is 0 Å². The topological polar surface area (TPSA) is 74.3 Å². The van der Waals surface area contributed by atoms with E-state index in [1.54, 1.807) is 17.2 Å². The number of hydrogen-bond donors (Lipinski definition) is 2. The van der Waals surface area contributed by atoms with Gasteiger partial charge in [0.2, 0.25) is 11.8 Å². The van der Waals surface area contributed by atoms with Crippen LogP contribution in [-0.4, -0.2) is 36.4 Å². The molecule has 6 nitrogen and oxygen atoms in total. The van der Waals surface area contributed by atoms with Gasteiger partial charge in [-0.15, -0.1) is 0 Å². The van der Waals surface area contributed by atoms with E-state index in [9.17, 15) is 9.59 Å². The van der Waals surface area contributed by atoms with E-state index in [-0.39, 0.29) is 17.7 Å². The number of benzene rings is 1. The van der Waals surface area contributed by atoms with Gasteiger partial charge in [-0.25, -0.2) is 4.98 Å². The lowest BCUT2D eigenvalue weighted by atomic mass is 9.81. The summed E-state index contributed by atoms with van der Waals surface area (Å²) in [5.41, 5.74) is 3.44. The molecule has 4 rings (SSSR count). The number of rotatable bonds is 4. The molecule has 0 spiro atoms. The van der Waals surface area contributed by atoms with Crippen LogP contribution in [0.3, 0.4) is 0 Å². The third-order valence-electron chi connectivity index (χ3n) is 5.34. The van der Waals surface area contributed by atoms with E-state index in [1.165, 1.54) is 11.1 Å². The summed E-state index contributed by atoms with van der Waals surface area (Å²) in [7, 11) is 0. The summed E-state index contributed by atoms with van der Waals surface area (Å²) in [6.07, 6.45) is 5.38. The standard InChI is InChI=1S/C21H24N4O2/c26-20(12-16-6-3-5-15-4-1-2-7-18(15)16)24-19-9-8-17(13-23-19)25-11-10-22-14-21(25)27/h1-2,4,7-9,13,16,22H,3,5-6,10-12,14H2,(H,23,24,26). The molecule has 1 atom stereocenters. The van der Waals surface area contributed by atoms with Gasteiger partial charge < -0.3 is 15.5 Å². The Morgan fingerprint density at radius 3 is 2.96 bits per heavy atom.